The van der Waals surface area contributed by atoms with E-state index in [1.165, 1.54) is 24.8 Å². The van der Waals surface area contributed by atoms with Crippen LogP contribution in [0.4, 0.5) is 0 Å². The number of allylic oxidation sites excluding steroid dienone is 1. The highest BCUT2D eigenvalue weighted by atomic mass is 16.5. The minimum atomic E-state index is -0.251. The van der Waals surface area contributed by atoms with Crippen molar-refractivity contribution in [3.05, 3.63) is 48.0 Å². The van der Waals surface area contributed by atoms with Crippen molar-refractivity contribution in [1.29, 1.82) is 0 Å². The topological polar surface area (TPSA) is 26.3 Å². The van der Waals surface area contributed by atoms with Crippen molar-refractivity contribution in [2.45, 2.75) is 45.4 Å². The zero-order valence-electron chi connectivity index (χ0n) is 12.0. The lowest BCUT2D eigenvalue weighted by Crippen LogP contribution is -2.01. The van der Waals surface area contributed by atoms with E-state index in [4.69, 9.17) is 4.74 Å². The second kappa shape index (κ2) is 9.37. The molecule has 1 unspecified atom stereocenters. The normalized spacial score (nSPS) is 12.5. The Morgan fingerprint density at radius 1 is 1.21 bits per heavy atom. The number of unbranched alkanes of at least 4 members (excludes halogenated alkanes) is 2. The van der Waals surface area contributed by atoms with E-state index in [1.54, 1.807) is 6.08 Å². The monoisotopic (exact) mass is 260 g/mol. The molecule has 0 heterocycles. The first-order valence-corrected chi connectivity index (χ1v) is 7.17. The molecular weight excluding hydrogens is 236 g/mol. The molecule has 104 valence electrons. The third-order valence-corrected chi connectivity index (χ3v) is 3.10. The third-order valence-electron chi connectivity index (χ3n) is 3.10. The second-order valence-corrected chi connectivity index (χ2v) is 4.62. The van der Waals surface area contributed by atoms with Crippen molar-refractivity contribution in [1.82, 2.24) is 0 Å². The van der Waals surface area contributed by atoms with Crippen LogP contribution in [0.1, 0.15) is 51.0 Å². The lowest BCUT2D eigenvalue weighted by Gasteiger charge is -2.12. The van der Waals surface area contributed by atoms with Crippen molar-refractivity contribution in [3.63, 3.8) is 0 Å². The van der Waals surface area contributed by atoms with E-state index in [-0.39, 0.29) is 5.97 Å². The molecule has 0 spiro atoms. The smallest absolute Gasteiger partial charge is 0.330 e. The quantitative estimate of drug-likeness (QED) is 0.391. The van der Waals surface area contributed by atoms with Gasteiger partial charge in [0.1, 0.15) is 0 Å². The Morgan fingerprint density at radius 2 is 1.95 bits per heavy atom. The minimum Gasteiger partial charge on any atom is -0.463 e. The van der Waals surface area contributed by atoms with Crippen molar-refractivity contribution in [3.8, 4) is 0 Å². The van der Waals surface area contributed by atoms with Gasteiger partial charge < -0.3 is 4.74 Å². The van der Waals surface area contributed by atoms with Crippen LogP contribution in [0.15, 0.2) is 42.5 Å². The Kier molecular flexibility index (Phi) is 7.64. The average Bonchev–Trinajstić information content (AvgIpc) is 2.44. The summed E-state index contributed by atoms with van der Waals surface area (Å²) in [6, 6.07) is 10.3. The maximum atomic E-state index is 11.4. The molecule has 19 heavy (non-hydrogen) atoms. The predicted octanol–water partition coefficient (Wildman–Crippen LogP) is 4.47. The molecular formula is C17H24O2. The highest BCUT2D eigenvalue weighted by Gasteiger charge is 2.08. The van der Waals surface area contributed by atoms with Crippen molar-refractivity contribution < 1.29 is 9.53 Å². The van der Waals surface area contributed by atoms with E-state index in [9.17, 15) is 4.79 Å². The van der Waals surface area contributed by atoms with Gasteiger partial charge >= 0.3 is 5.97 Å². The van der Waals surface area contributed by atoms with Crippen LogP contribution in [0.3, 0.4) is 0 Å². The maximum Gasteiger partial charge on any atom is 0.330 e. The lowest BCUT2D eigenvalue weighted by molar-refractivity contribution is -0.137. The Hall–Kier alpha value is -1.57. The fourth-order valence-electron chi connectivity index (χ4n) is 2.07. The molecule has 0 aliphatic rings. The molecule has 1 aromatic rings. The van der Waals surface area contributed by atoms with Gasteiger partial charge in [-0.15, -0.1) is 0 Å². The van der Waals surface area contributed by atoms with Crippen molar-refractivity contribution in [2.75, 3.05) is 6.61 Å². The van der Waals surface area contributed by atoms with Gasteiger partial charge in [-0.1, -0.05) is 62.6 Å². The number of carbonyl (C=O) groups is 1. The average molecular weight is 260 g/mol. The van der Waals surface area contributed by atoms with Crippen LogP contribution < -0.4 is 0 Å². The molecule has 1 atom stereocenters. The largest absolute Gasteiger partial charge is 0.463 e. The predicted molar refractivity (Wildman–Crippen MR) is 79.1 cm³/mol. The summed E-state index contributed by atoms with van der Waals surface area (Å²) in [4.78, 5) is 11.4. The van der Waals surface area contributed by atoms with Crippen molar-refractivity contribution in [2.24, 2.45) is 0 Å². The van der Waals surface area contributed by atoms with Crippen molar-refractivity contribution >= 4 is 5.97 Å². The molecule has 0 aliphatic heterocycles. The van der Waals surface area contributed by atoms with E-state index in [2.05, 4.69) is 19.1 Å². The van der Waals surface area contributed by atoms with Crippen LogP contribution in [0.5, 0.6) is 0 Å². The van der Waals surface area contributed by atoms with E-state index in [1.807, 2.05) is 31.2 Å². The number of carbonyl (C=O) groups excluding carboxylic acids is 1. The fraction of sp³-hybridized carbons (Fsp3) is 0.471. The first kappa shape index (κ1) is 15.5. The van der Waals surface area contributed by atoms with Crippen LogP contribution in [0.25, 0.3) is 0 Å². The molecule has 1 aromatic carbocycles. The van der Waals surface area contributed by atoms with Gasteiger partial charge in [-0.25, -0.2) is 4.79 Å². The standard InChI is InChI=1S/C17H24O2/c1-3-5-7-10-16(13-14-17(18)19-4-2)15-11-8-6-9-12-15/h6,8-9,11-14,16H,3-5,7,10H2,1-2H3/b14-13+. The van der Waals surface area contributed by atoms with E-state index in [0.717, 1.165) is 6.42 Å². The van der Waals surface area contributed by atoms with Crippen LogP contribution in [0.2, 0.25) is 0 Å². The number of rotatable bonds is 8. The summed E-state index contributed by atoms with van der Waals surface area (Å²) in [5.41, 5.74) is 1.26. The molecule has 0 amide bonds. The van der Waals surface area contributed by atoms with Gasteiger partial charge in [-0.2, -0.15) is 0 Å². The van der Waals surface area contributed by atoms with Crippen LogP contribution in [-0.4, -0.2) is 12.6 Å². The lowest BCUT2D eigenvalue weighted by atomic mass is 9.93. The van der Waals surface area contributed by atoms with Gasteiger partial charge in [-0.3, -0.25) is 0 Å². The summed E-state index contributed by atoms with van der Waals surface area (Å²) < 4.78 is 4.93. The summed E-state index contributed by atoms with van der Waals surface area (Å²) >= 11 is 0. The SMILES string of the molecule is CCCCCC(/C=C/C(=O)OCC)c1ccccc1. The summed E-state index contributed by atoms with van der Waals surface area (Å²) in [6.07, 6.45) is 8.24. The Balaban J connectivity index is 2.67. The van der Waals surface area contributed by atoms with E-state index in [0.29, 0.717) is 12.5 Å². The van der Waals surface area contributed by atoms with Crippen LogP contribution >= 0.6 is 0 Å². The summed E-state index contributed by atoms with van der Waals surface area (Å²) in [5.74, 6) is 0.0519. The molecule has 0 bridgehead atoms. The molecule has 0 aromatic heterocycles. The molecule has 0 fully saturated rings. The van der Waals surface area contributed by atoms with Gasteiger partial charge in [0.15, 0.2) is 0 Å². The Morgan fingerprint density at radius 3 is 2.58 bits per heavy atom. The zero-order chi connectivity index (χ0) is 13.9. The van der Waals surface area contributed by atoms with Gasteiger partial charge in [0, 0.05) is 12.0 Å². The van der Waals surface area contributed by atoms with Gasteiger partial charge in [0.2, 0.25) is 0 Å². The molecule has 0 N–H and O–H groups in total. The number of hydrogen-bond acceptors (Lipinski definition) is 2. The van der Waals surface area contributed by atoms with E-state index >= 15 is 0 Å². The summed E-state index contributed by atoms with van der Waals surface area (Å²) in [6.45, 7) is 4.45. The number of ether oxygens (including phenoxy) is 1. The molecule has 0 saturated carbocycles. The maximum absolute atomic E-state index is 11.4. The van der Waals surface area contributed by atoms with Gasteiger partial charge in [0.05, 0.1) is 6.61 Å². The fourth-order valence-corrected chi connectivity index (χ4v) is 2.07. The molecule has 0 aliphatic carbocycles. The second-order valence-electron chi connectivity index (χ2n) is 4.62. The Labute approximate surface area is 116 Å². The first-order valence-electron chi connectivity index (χ1n) is 7.17. The van der Waals surface area contributed by atoms with Gasteiger partial charge in [0.25, 0.3) is 0 Å². The molecule has 2 heteroatoms. The van der Waals surface area contributed by atoms with E-state index < -0.39 is 0 Å². The zero-order valence-corrected chi connectivity index (χ0v) is 12.0. The molecule has 0 saturated heterocycles. The minimum absolute atomic E-state index is 0.251. The molecule has 0 radical (unpaired) electrons. The molecule has 2 nitrogen and oxygen atoms in total. The van der Waals surface area contributed by atoms with Crippen LogP contribution in [-0.2, 0) is 9.53 Å². The highest BCUT2D eigenvalue weighted by molar-refractivity contribution is 5.82. The first-order chi connectivity index (χ1) is 9.27. The number of hydrogen-bond donors (Lipinski definition) is 0. The Bertz CT molecular complexity index is 382. The number of esters is 1. The van der Waals surface area contributed by atoms with Gasteiger partial charge in [-0.05, 0) is 18.9 Å². The van der Waals surface area contributed by atoms with Crippen LogP contribution in [0, 0.1) is 0 Å². The molecule has 1 rings (SSSR count). The summed E-state index contributed by atoms with van der Waals surface area (Å²) in [5, 5.41) is 0. The highest BCUT2D eigenvalue weighted by Crippen LogP contribution is 2.23. The third kappa shape index (κ3) is 6.23. The summed E-state index contributed by atoms with van der Waals surface area (Å²) in [7, 11) is 0. The number of benzene rings is 1.